The van der Waals surface area contributed by atoms with Crippen molar-refractivity contribution in [1.29, 1.82) is 5.41 Å². The van der Waals surface area contributed by atoms with Gasteiger partial charge in [0.15, 0.2) is 11.0 Å². The lowest BCUT2D eigenvalue weighted by molar-refractivity contribution is -0.137. The summed E-state index contributed by atoms with van der Waals surface area (Å²) in [5.74, 6) is -1.74. The van der Waals surface area contributed by atoms with Crippen LogP contribution in [0.2, 0.25) is 0 Å². The molecule has 2 aromatic carbocycles. The Morgan fingerprint density at radius 3 is 2.50 bits per heavy atom. The molecule has 0 spiro atoms. The van der Waals surface area contributed by atoms with Crippen molar-refractivity contribution in [2.24, 2.45) is 5.73 Å². The van der Waals surface area contributed by atoms with Crippen molar-refractivity contribution in [2.45, 2.75) is 25.1 Å². The average Bonchev–Trinajstić information content (AvgIpc) is 3.18. The summed E-state index contributed by atoms with van der Waals surface area (Å²) in [7, 11) is 0. The maximum Gasteiger partial charge on any atom is 0.417 e. The topological polar surface area (TPSA) is 121 Å². The molecule has 1 amide bonds. The van der Waals surface area contributed by atoms with E-state index in [2.05, 4.69) is 15.6 Å². The zero-order valence-electron chi connectivity index (χ0n) is 16.7. The molecule has 0 radical (unpaired) electrons. The van der Waals surface area contributed by atoms with Crippen molar-refractivity contribution in [3.63, 3.8) is 0 Å². The van der Waals surface area contributed by atoms with E-state index in [-0.39, 0.29) is 23.9 Å². The van der Waals surface area contributed by atoms with E-state index in [1.54, 1.807) is 24.3 Å². The predicted molar refractivity (Wildman–Crippen MR) is 116 cm³/mol. The monoisotopic (exact) mass is 463 g/mol. The number of Topliss-reactive ketones (excluding diaryl/α,β-unsaturated/α-hetero) is 1. The summed E-state index contributed by atoms with van der Waals surface area (Å²) in [5, 5.41) is 12.4. The number of fused-ring (bicyclic) bond motifs is 1. The molecule has 3 aromatic rings. The molecule has 0 aliphatic heterocycles. The minimum absolute atomic E-state index is 0.120. The second-order valence-corrected chi connectivity index (χ2v) is 7.93. The van der Waals surface area contributed by atoms with Crippen molar-refractivity contribution in [3.8, 4) is 0 Å². The Morgan fingerprint density at radius 2 is 1.81 bits per heavy atom. The third-order valence-corrected chi connectivity index (χ3v) is 5.64. The molecule has 5 N–H and O–H groups in total. The first kappa shape index (κ1) is 23.2. The molecular formula is C21H20F3N5O2S. The van der Waals surface area contributed by atoms with E-state index in [4.69, 9.17) is 11.1 Å². The fourth-order valence-electron chi connectivity index (χ4n) is 3.09. The second kappa shape index (κ2) is 9.77. The van der Waals surface area contributed by atoms with Crippen LogP contribution in [0.4, 0.5) is 13.2 Å². The number of guanidine groups is 1. The van der Waals surface area contributed by atoms with Crippen LogP contribution in [0.1, 0.15) is 38.6 Å². The van der Waals surface area contributed by atoms with Gasteiger partial charge in [0.25, 0.3) is 5.91 Å². The molecule has 0 bridgehead atoms. The molecule has 0 fully saturated rings. The number of ketones is 1. The number of alkyl halides is 3. The fraction of sp³-hybridized carbons (Fsp3) is 0.238. The van der Waals surface area contributed by atoms with E-state index in [1.165, 1.54) is 12.1 Å². The average molecular weight is 463 g/mol. The molecular weight excluding hydrogens is 443 g/mol. The van der Waals surface area contributed by atoms with E-state index in [1.807, 2.05) is 0 Å². The van der Waals surface area contributed by atoms with Gasteiger partial charge < -0.3 is 16.4 Å². The van der Waals surface area contributed by atoms with Crippen molar-refractivity contribution in [1.82, 2.24) is 15.6 Å². The van der Waals surface area contributed by atoms with Crippen molar-refractivity contribution >= 4 is 39.2 Å². The number of hydrogen-bond donors (Lipinski definition) is 4. The Hall–Kier alpha value is -3.47. The lowest BCUT2D eigenvalue weighted by Crippen LogP contribution is -2.42. The van der Waals surface area contributed by atoms with Crippen LogP contribution in [0.5, 0.6) is 0 Å². The summed E-state index contributed by atoms with van der Waals surface area (Å²) in [4.78, 5) is 30.1. The minimum atomic E-state index is -4.72. The molecule has 1 aromatic heterocycles. The molecule has 7 nitrogen and oxygen atoms in total. The maximum absolute atomic E-state index is 13.3. The highest BCUT2D eigenvalue weighted by atomic mass is 32.1. The highest BCUT2D eigenvalue weighted by molar-refractivity contribution is 7.20. The summed E-state index contributed by atoms with van der Waals surface area (Å²) >= 11 is 1.15. The van der Waals surface area contributed by atoms with E-state index in [0.29, 0.717) is 11.9 Å². The van der Waals surface area contributed by atoms with Gasteiger partial charge in [0.2, 0.25) is 5.78 Å². The molecule has 0 saturated heterocycles. The molecule has 0 saturated carbocycles. The van der Waals surface area contributed by atoms with Crippen LogP contribution in [0.25, 0.3) is 10.2 Å². The Bertz CT molecular complexity index is 1110. The molecule has 1 heterocycles. The number of benzene rings is 2. The van der Waals surface area contributed by atoms with Gasteiger partial charge in [-0.1, -0.05) is 24.3 Å². The second-order valence-electron chi connectivity index (χ2n) is 6.90. The number of carbonyl (C=O) groups is 2. The summed E-state index contributed by atoms with van der Waals surface area (Å²) in [5.41, 5.74) is 4.21. The molecule has 0 unspecified atom stereocenters. The first-order valence-electron chi connectivity index (χ1n) is 9.61. The zero-order valence-corrected chi connectivity index (χ0v) is 17.5. The van der Waals surface area contributed by atoms with E-state index in [9.17, 15) is 22.8 Å². The van der Waals surface area contributed by atoms with Crippen LogP contribution in [0, 0.1) is 5.41 Å². The number of rotatable bonds is 8. The highest BCUT2D eigenvalue weighted by Crippen LogP contribution is 2.32. The van der Waals surface area contributed by atoms with Crippen LogP contribution >= 0.6 is 11.3 Å². The van der Waals surface area contributed by atoms with Crippen LogP contribution in [-0.2, 0) is 6.18 Å². The number of nitrogens with one attached hydrogen (secondary N) is 3. The number of aromatic nitrogens is 1. The lowest BCUT2D eigenvalue weighted by Gasteiger charge is -2.19. The van der Waals surface area contributed by atoms with E-state index < -0.39 is 35.0 Å². The molecule has 32 heavy (non-hydrogen) atoms. The number of para-hydroxylation sites is 1. The predicted octanol–water partition coefficient (Wildman–Crippen LogP) is 3.56. The highest BCUT2D eigenvalue weighted by Gasteiger charge is 2.35. The third kappa shape index (κ3) is 5.61. The molecule has 3 rings (SSSR count). The van der Waals surface area contributed by atoms with Gasteiger partial charge in [-0.25, -0.2) is 4.98 Å². The number of carbonyl (C=O) groups excluding carboxylic acids is 2. The summed E-state index contributed by atoms with van der Waals surface area (Å²) in [6.45, 7) is 0.258. The normalized spacial score (nSPS) is 12.3. The van der Waals surface area contributed by atoms with Gasteiger partial charge in [-0.3, -0.25) is 15.0 Å². The van der Waals surface area contributed by atoms with Gasteiger partial charge in [0.05, 0.1) is 27.4 Å². The first-order valence-corrected chi connectivity index (χ1v) is 10.4. The quantitative estimate of drug-likeness (QED) is 0.176. The Kier molecular flexibility index (Phi) is 7.08. The Labute approximate surface area is 185 Å². The number of thiazole rings is 1. The molecule has 168 valence electrons. The largest absolute Gasteiger partial charge is 0.417 e. The standard InChI is InChI=1S/C21H20F3N5O2S/c22-21(23,24)13-7-2-1-6-12(13)18(31)28-15(9-5-11-27-20(25)26)17(30)19-29-14-8-3-4-10-16(14)32-19/h1-4,6-8,10,15H,5,9,11H2,(H,28,31)(H4,25,26,27)/t15-/m0/s1. The number of hydrogen-bond acceptors (Lipinski definition) is 5. The number of nitrogens with zero attached hydrogens (tertiary/aromatic N) is 1. The van der Waals surface area contributed by atoms with Crippen LogP contribution in [-0.4, -0.2) is 35.2 Å². The summed E-state index contributed by atoms with van der Waals surface area (Å²) in [6.07, 6.45) is -4.26. The van der Waals surface area contributed by atoms with Gasteiger partial charge in [-0.05, 0) is 37.1 Å². The Balaban J connectivity index is 1.85. The smallest absolute Gasteiger partial charge is 0.370 e. The van der Waals surface area contributed by atoms with E-state index in [0.717, 1.165) is 28.2 Å². The molecule has 11 heteroatoms. The van der Waals surface area contributed by atoms with Gasteiger partial charge in [0, 0.05) is 6.54 Å². The lowest BCUT2D eigenvalue weighted by atomic mass is 10.0. The van der Waals surface area contributed by atoms with Crippen molar-refractivity contribution < 1.29 is 22.8 Å². The van der Waals surface area contributed by atoms with Gasteiger partial charge in [-0.15, -0.1) is 11.3 Å². The minimum Gasteiger partial charge on any atom is -0.370 e. The van der Waals surface area contributed by atoms with Crippen molar-refractivity contribution in [2.75, 3.05) is 6.54 Å². The van der Waals surface area contributed by atoms with Crippen LogP contribution in [0.15, 0.2) is 48.5 Å². The van der Waals surface area contributed by atoms with Crippen molar-refractivity contribution in [3.05, 3.63) is 64.7 Å². The zero-order chi connectivity index (χ0) is 23.3. The molecule has 0 aliphatic carbocycles. The molecule has 1 atom stereocenters. The Morgan fingerprint density at radius 1 is 1.12 bits per heavy atom. The first-order chi connectivity index (χ1) is 15.2. The van der Waals surface area contributed by atoms with E-state index >= 15 is 0 Å². The number of nitrogens with two attached hydrogens (primary N) is 1. The fourth-order valence-corrected chi connectivity index (χ4v) is 4.05. The third-order valence-electron chi connectivity index (χ3n) is 4.59. The summed E-state index contributed by atoms with van der Waals surface area (Å²) < 4.78 is 40.7. The van der Waals surface area contributed by atoms with Gasteiger partial charge in [0.1, 0.15) is 0 Å². The van der Waals surface area contributed by atoms with Crippen LogP contribution in [0.3, 0.4) is 0 Å². The van der Waals surface area contributed by atoms with Gasteiger partial charge >= 0.3 is 6.18 Å². The number of amides is 1. The SMILES string of the molecule is N=C(N)NCCC[C@H](NC(=O)c1ccccc1C(F)(F)F)C(=O)c1nc2ccccc2s1. The van der Waals surface area contributed by atoms with Gasteiger partial charge in [-0.2, -0.15) is 13.2 Å². The maximum atomic E-state index is 13.3. The molecule has 0 aliphatic rings. The number of halogens is 3. The van der Waals surface area contributed by atoms with Crippen LogP contribution < -0.4 is 16.4 Å². The summed E-state index contributed by atoms with van der Waals surface area (Å²) in [6, 6.07) is 10.4.